The molecule has 1 aromatic rings. The van der Waals surface area contributed by atoms with E-state index in [9.17, 15) is 31.4 Å². The molecule has 0 amide bonds. The molecule has 3 nitrogen and oxygen atoms in total. The van der Waals surface area contributed by atoms with Crippen LogP contribution in [0, 0.1) is 0 Å². The topological polar surface area (TPSA) is 55.5 Å². The number of alkyl halides is 6. The van der Waals surface area contributed by atoms with E-state index < -0.39 is 36.0 Å². The molecule has 0 radical (unpaired) electrons. The summed E-state index contributed by atoms with van der Waals surface area (Å²) in [7, 11) is 0. The predicted molar refractivity (Wildman–Crippen MR) is 52.1 cm³/mol. The van der Waals surface area contributed by atoms with Crippen molar-refractivity contribution in [3.8, 4) is 5.75 Å². The van der Waals surface area contributed by atoms with Crippen molar-refractivity contribution >= 4 is 0 Å². The lowest BCUT2D eigenvalue weighted by Gasteiger charge is -2.31. The van der Waals surface area contributed by atoms with Gasteiger partial charge in [0, 0.05) is 12.1 Å². The first-order chi connectivity index (χ1) is 8.51. The van der Waals surface area contributed by atoms with Gasteiger partial charge in [-0.2, -0.15) is 13.2 Å². The van der Waals surface area contributed by atoms with Gasteiger partial charge in [0.2, 0.25) is 5.60 Å². The summed E-state index contributed by atoms with van der Waals surface area (Å²) in [5, 5.41) is 9.51. The smallest absolute Gasteiger partial charge is 0.405 e. The van der Waals surface area contributed by atoms with Gasteiger partial charge in [0.15, 0.2) is 0 Å². The molecule has 3 N–H and O–H groups in total. The molecule has 1 aromatic carbocycles. The summed E-state index contributed by atoms with van der Waals surface area (Å²) in [5.41, 5.74) is 0.140. The molecule has 1 unspecified atom stereocenters. The average Bonchev–Trinajstić information content (AvgIpc) is 2.25. The molecule has 19 heavy (non-hydrogen) atoms. The van der Waals surface area contributed by atoms with Gasteiger partial charge in [-0.1, -0.05) is 18.2 Å². The molecule has 0 aliphatic rings. The zero-order valence-electron chi connectivity index (χ0n) is 9.22. The monoisotopic (exact) mass is 289 g/mol. The van der Waals surface area contributed by atoms with Crippen molar-refractivity contribution in [3.05, 3.63) is 29.8 Å². The van der Waals surface area contributed by atoms with E-state index in [0.29, 0.717) is 12.1 Å². The molecule has 0 saturated carbocycles. The van der Waals surface area contributed by atoms with Gasteiger partial charge in [0.25, 0.3) is 0 Å². The van der Waals surface area contributed by atoms with Crippen LogP contribution in [0.1, 0.15) is 5.56 Å². The Morgan fingerprint density at radius 1 is 1.05 bits per heavy atom. The molecule has 0 aromatic heterocycles. The first-order valence-corrected chi connectivity index (χ1v) is 4.85. The van der Waals surface area contributed by atoms with Crippen molar-refractivity contribution in [1.82, 2.24) is 0 Å². The standard InChI is InChI=1S/C10H9F6NO2/c11-9(12,13)8(18,5-17)6-3-1-2-4-7(6)19-10(14,15)16/h1-4,18H,5,17H2. The highest BCUT2D eigenvalue weighted by Gasteiger charge is 2.55. The molecule has 0 aliphatic carbocycles. The second-order valence-electron chi connectivity index (χ2n) is 3.61. The summed E-state index contributed by atoms with van der Waals surface area (Å²) in [6.45, 7) is -1.34. The lowest BCUT2D eigenvalue weighted by atomic mass is 9.92. The van der Waals surface area contributed by atoms with Crippen LogP contribution in [-0.4, -0.2) is 24.2 Å². The molecule has 1 atom stereocenters. The van der Waals surface area contributed by atoms with Gasteiger partial charge in [-0.3, -0.25) is 0 Å². The van der Waals surface area contributed by atoms with E-state index in [-0.39, 0.29) is 0 Å². The molecule has 0 fully saturated rings. The van der Waals surface area contributed by atoms with Crippen LogP contribution >= 0.6 is 0 Å². The van der Waals surface area contributed by atoms with E-state index in [1.54, 1.807) is 0 Å². The van der Waals surface area contributed by atoms with Crippen LogP contribution in [0.2, 0.25) is 0 Å². The highest BCUT2D eigenvalue weighted by molar-refractivity contribution is 5.39. The van der Waals surface area contributed by atoms with Crippen molar-refractivity contribution in [2.75, 3.05) is 6.54 Å². The quantitative estimate of drug-likeness (QED) is 0.839. The molecule has 9 heteroatoms. The maximum atomic E-state index is 12.7. The second-order valence-corrected chi connectivity index (χ2v) is 3.61. The number of hydrogen-bond acceptors (Lipinski definition) is 3. The van der Waals surface area contributed by atoms with Crippen LogP contribution in [0.4, 0.5) is 26.3 Å². The fourth-order valence-corrected chi connectivity index (χ4v) is 1.40. The normalized spacial score (nSPS) is 16.0. The first kappa shape index (κ1) is 15.6. The minimum Gasteiger partial charge on any atom is -0.405 e. The zero-order chi connectivity index (χ0) is 14.9. The fraction of sp³-hybridized carbons (Fsp3) is 0.400. The maximum absolute atomic E-state index is 12.7. The van der Waals surface area contributed by atoms with Crippen molar-refractivity contribution in [2.45, 2.75) is 18.1 Å². The largest absolute Gasteiger partial charge is 0.573 e. The van der Waals surface area contributed by atoms with E-state index >= 15 is 0 Å². The summed E-state index contributed by atoms with van der Waals surface area (Å²) < 4.78 is 78.0. The molecule has 1 rings (SSSR count). The SMILES string of the molecule is NCC(O)(c1ccccc1OC(F)(F)F)C(F)(F)F. The Balaban J connectivity index is 3.34. The van der Waals surface area contributed by atoms with E-state index in [1.807, 2.05) is 0 Å². The third kappa shape index (κ3) is 3.29. The molecular weight excluding hydrogens is 280 g/mol. The number of hydrogen-bond donors (Lipinski definition) is 2. The van der Waals surface area contributed by atoms with Crippen LogP contribution in [0.5, 0.6) is 5.75 Å². The Morgan fingerprint density at radius 2 is 1.58 bits per heavy atom. The lowest BCUT2D eigenvalue weighted by molar-refractivity contribution is -0.281. The van der Waals surface area contributed by atoms with Gasteiger partial charge >= 0.3 is 12.5 Å². The number of nitrogens with two attached hydrogens (primary N) is 1. The van der Waals surface area contributed by atoms with Gasteiger partial charge in [-0.25, -0.2) is 0 Å². The Kier molecular flexibility index (Phi) is 4.01. The molecule has 0 spiro atoms. The summed E-state index contributed by atoms with van der Waals surface area (Å²) in [6.07, 6.45) is -10.4. The Labute approximate surface area is 103 Å². The average molecular weight is 289 g/mol. The van der Waals surface area contributed by atoms with Crippen molar-refractivity contribution in [3.63, 3.8) is 0 Å². The van der Waals surface area contributed by atoms with Crippen LogP contribution in [0.25, 0.3) is 0 Å². The number of aliphatic hydroxyl groups is 1. The third-order valence-corrected chi connectivity index (χ3v) is 2.32. The van der Waals surface area contributed by atoms with Crippen LogP contribution in [0.15, 0.2) is 24.3 Å². The summed E-state index contributed by atoms with van der Waals surface area (Å²) in [5.74, 6) is -1.15. The highest BCUT2D eigenvalue weighted by atomic mass is 19.4. The van der Waals surface area contributed by atoms with Crippen LogP contribution in [-0.2, 0) is 5.60 Å². The van der Waals surface area contributed by atoms with Crippen molar-refractivity contribution < 1.29 is 36.2 Å². The minimum absolute atomic E-state index is 0.662. The maximum Gasteiger partial charge on any atom is 0.573 e. The molecule has 108 valence electrons. The second kappa shape index (κ2) is 4.89. The van der Waals surface area contributed by atoms with E-state index in [2.05, 4.69) is 4.74 Å². The predicted octanol–water partition coefficient (Wildman–Crippen LogP) is 2.29. The highest BCUT2D eigenvalue weighted by Crippen LogP contribution is 2.42. The van der Waals surface area contributed by atoms with Gasteiger partial charge in [0.1, 0.15) is 5.75 Å². The van der Waals surface area contributed by atoms with Crippen LogP contribution in [0.3, 0.4) is 0 Å². The van der Waals surface area contributed by atoms with Gasteiger partial charge in [0.05, 0.1) is 0 Å². The van der Waals surface area contributed by atoms with Crippen molar-refractivity contribution in [2.24, 2.45) is 5.73 Å². The van der Waals surface area contributed by atoms with E-state index in [0.717, 1.165) is 12.1 Å². The van der Waals surface area contributed by atoms with Gasteiger partial charge in [-0.05, 0) is 6.07 Å². The van der Waals surface area contributed by atoms with Crippen molar-refractivity contribution in [1.29, 1.82) is 0 Å². The number of halogens is 6. The van der Waals surface area contributed by atoms with Gasteiger partial charge < -0.3 is 15.6 Å². The summed E-state index contributed by atoms with van der Waals surface area (Å²) in [4.78, 5) is 0. The first-order valence-electron chi connectivity index (χ1n) is 4.85. The summed E-state index contributed by atoms with van der Waals surface area (Å²) in [6, 6.07) is 3.40. The summed E-state index contributed by atoms with van der Waals surface area (Å²) >= 11 is 0. The number of ether oxygens (including phenoxy) is 1. The minimum atomic E-state index is -5.24. The molecule has 0 bridgehead atoms. The molecule has 0 aliphatic heterocycles. The number of benzene rings is 1. The lowest BCUT2D eigenvalue weighted by Crippen LogP contribution is -2.48. The fourth-order valence-electron chi connectivity index (χ4n) is 1.40. The van der Waals surface area contributed by atoms with E-state index in [1.165, 1.54) is 0 Å². The Hall–Kier alpha value is -1.48. The number of rotatable bonds is 3. The zero-order valence-corrected chi connectivity index (χ0v) is 9.22. The Bertz CT molecular complexity index is 444. The molecule has 0 saturated heterocycles. The molecular formula is C10H9F6NO2. The third-order valence-electron chi connectivity index (χ3n) is 2.32. The van der Waals surface area contributed by atoms with Gasteiger partial charge in [-0.15, -0.1) is 13.2 Å². The van der Waals surface area contributed by atoms with Crippen LogP contribution < -0.4 is 10.5 Å². The number of para-hydroxylation sites is 1. The van der Waals surface area contributed by atoms with E-state index in [4.69, 9.17) is 5.73 Å². The Morgan fingerprint density at radius 3 is 2.00 bits per heavy atom. The molecule has 0 heterocycles.